The van der Waals surface area contributed by atoms with Gasteiger partial charge in [0.15, 0.2) is 0 Å². The van der Waals surface area contributed by atoms with E-state index >= 15 is 0 Å². The minimum Gasteiger partial charge on any atom is -0.0900 e. The van der Waals surface area contributed by atoms with Gasteiger partial charge < -0.3 is 0 Å². The van der Waals surface area contributed by atoms with Gasteiger partial charge in [0.2, 0.25) is 0 Å². The topological polar surface area (TPSA) is 0 Å². The van der Waals surface area contributed by atoms with Crippen molar-refractivity contribution in [3.8, 4) is 0 Å². The van der Waals surface area contributed by atoms with Gasteiger partial charge in [0.1, 0.15) is 0 Å². The van der Waals surface area contributed by atoms with Gasteiger partial charge in [0.05, 0.1) is 0 Å². The average molecular weight is 437 g/mol. The van der Waals surface area contributed by atoms with Crippen LogP contribution in [0.5, 0.6) is 0 Å². The fourth-order valence-electron chi connectivity index (χ4n) is 7.95. The molecule has 4 saturated carbocycles. The van der Waals surface area contributed by atoms with Crippen molar-refractivity contribution in [3.05, 3.63) is 0 Å². The Morgan fingerprint density at radius 3 is 0.793 bits per heavy atom. The summed E-state index contributed by atoms with van der Waals surface area (Å²) in [6.07, 6.45) is 31.4. The summed E-state index contributed by atoms with van der Waals surface area (Å²) >= 11 is 0. The molecule has 0 saturated heterocycles. The Kier molecular flexibility index (Phi) is 8.84. The lowest BCUT2D eigenvalue weighted by Crippen LogP contribution is -2.37. The zero-order valence-corrected chi connectivity index (χ0v) is 21.6. The summed E-state index contributed by atoms with van der Waals surface area (Å²) in [7, 11) is 0.399. The average Bonchev–Trinajstić information content (AvgIpc) is 2.77. The highest BCUT2D eigenvalue weighted by molar-refractivity contribution is 7.78. The highest BCUT2D eigenvalue weighted by atomic mass is 31.2. The minimum absolute atomic E-state index is 0.200. The third-order valence-electron chi connectivity index (χ3n) is 9.14. The normalized spacial score (nSPS) is 27.7. The van der Waals surface area contributed by atoms with Gasteiger partial charge in [-0.1, -0.05) is 107 Å². The predicted molar refractivity (Wildman–Crippen MR) is 135 cm³/mol. The van der Waals surface area contributed by atoms with Crippen LogP contribution >= 0.6 is 15.8 Å². The molecule has 4 aliphatic carbocycles. The highest BCUT2D eigenvalue weighted by Gasteiger charge is 2.49. The number of hydrogen-bond acceptors (Lipinski definition) is 0. The molecule has 2 heteroatoms. The summed E-state index contributed by atoms with van der Waals surface area (Å²) in [5.41, 5.74) is 4.53. The predicted octanol–water partition coefficient (Wildman–Crippen LogP) is 10.0. The van der Waals surface area contributed by atoms with E-state index in [1.165, 1.54) is 25.7 Å². The first-order valence-corrected chi connectivity index (χ1v) is 16.7. The van der Waals surface area contributed by atoms with Crippen LogP contribution in [0.3, 0.4) is 0 Å². The minimum atomic E-state index is 0.200. The van der Waals surface area contributed by atoms with Gasteiger partial charge in [-0.3, -0.25) is 0 Å². The maximum atomic E-state index is 2.87. The van der Waals surface area contributed by atoms with Crippen LogP contribution in [0.15, 0.2) is 0 Å². The fourth-order valence-corrected chi connectivity index (χ4v) is 19.4. The van der Waals surface area contributed by atoms with Gasteiger partial charge in [0, 0.05) is 4.90 Å². The largest absolute Gasteiger partial charge is 0.0900 e. The highest BCUT2D eigenvalue weighted by Crippen LogP contribution is 2.78. The lowest BCUT2D eigenvalue weighted by Gasteiger charge is -2.56. The molecule has 0 aliphatic heterocycles. The molecule has 4 rings (SSSR count). The van der Waals surface area contributed by atoms with E-state index in [4.69, 9.17) is 0 Å². The third-order valence-corrected chi connectivity index (χ3v) is 18.3. The summed E-state index contributed by atoms with van der Waals surface area (Å²) in [5.74, 6) is 0. The fraction of sp³-hybridized carbons (Fsp3) is 1.00. The van der Waals surface area contributed by atoms with Crippen molar-refractivity contribution in [2.45, 2.75) is 170 Å². The van der Waals surface area contributed by atoms with Gasteiger partial charge in [-0.25, -0.2) is 0 Å². The summed E-state index contributed by atoms with van der Waals surface area (Å²) < 4.78 is 0. The van der Waals surface area contributed by atoms with Crippen LogP contribution in [-0.4, -0.2) is 27.5 Å². The van der Waals surface area contributed by atoms with Crippen molar-refractivity contribution in [2.75, 3.05) is 0 Å². The van der Waals surface area contributed by atoms with Crippen LogP contribution in [-0.2, 0) is 0 Å². The van der Waals surface area contributed by atoms with Crippen molar-refractivity contribution < 1.29 is 0 Å². The second-order valence-electron chi connectivity index (χ2n) is 11.5. The summed E-state index contributed by atoms with van der Waals surface area (Å²) in [6, 6.07) is 0. The lowest BCUT2D eigenvalue weighted by atomic mass is 9.99. The van der Waals surface area contributed by atoms with E-state index in [2.05, 4.69) is 13.8 Å². The number of hydrogen-bond donors (Lipinski definition) is 0. The van der Waals surface area contributed by atoms with E-state index in [0.29, 0.717) is 4.90 Å². The first-order chi connectivity index (χ1) is 14.2. The van der Waals surface area contributed by atoms with Crippen molar-refractivity contribution in [2.24, 2.45) is 0 Å². The van der Waals surface area contributed by atoms with E-state index < -0.39 is 0 Å². The van der Waals surface area contributed by atoms with Crippen LogP contribution in [0.1, 0.15) is 142 Å². The first-order valence-electron chi connectivity index (χ1n) is 13.7. The van der Waals surface area contributed by atoms with Gasteiger partial charge in [-0.05, 0) is 74.0 Å². The molecule has 29 heavy (non-hydrogen) atoms. The lowest BCUT2D eigenvalue weighted by molar-refractivity contribution is 0.471. The molecule has 0 N–H and O–H groups in total. The van der Waals surface area contributed by atoms with Crippen LogP contribution in [0.2, 0.25) is 0 Å². The smallest absolute Gasteiger partial charge is 0.00596 e. The van der Waals surface area contributed by atoms with Crippen LogP contribution in [0.25, 0.3) is 0 Å². The van der Waals surface area contributed by atoms with Gasteiger partial charge in [0.25, 0.3) is 0 Å². The molecule has 0 radical (unpaired) electrons. The molecule has 0 aromatic heterocycles. The Morgan fingerprint density at radius 2 is 0.586 bits per heavy atom. The Morgan fingerprint density at radius 1 is 0.379 bits per heavy atom. The molecule has 0 atom stereocenters. The van der Waals surface area contributed by atoms with Crippen LogP contribution < -0.4 is 0 Å². The Balaban J connectivity index is 1.63. The molecular weight excluding hydrogens is 386 g/mol. The Bertz CT molecular complexity index is 385. The van der Waals surface area contributed by atoms with E-state index in [-0.39, 0.29) is 15.8 Å². The third kappa shape index (κ3) is 5.62. The SMILES string of the molecule is CC(C)(P(C1CCCCC1)C1CCCCC1)P(C1CCCCC1)C1CCCCC1. The zero-order chi connectivity index (χ0) is 20.1. The van der Waals surface area contributed by atoms with Crippen LogP contribution in [0, 0.1) is 0 Å². The van der Waals surface area contributed by atoms with E-state index in [0.717, 1.165) is 22.6 Å². The molecule has 4 aliphatic rings. The molecule has 0 aromatic rings. The van der Waals surface area contributed by atoms with E-state index in [1.54, 1.807) is 103 Å². The van der Waals surface area contributed by atoms with Crippen molar-refractivity contribution >= 4 is 15.8 Å². The standard InChI is InChI=1S/C27H50P2/c1-27(2,28(23-15-7-3-8-16-23)24-17-9-4-10-18-24)29(25-19-11-5-12-20-25)26-21-13-6-14-22-26/h23-26H,3-22H2,1-2H3. The molecule has 4 fully saturated rings. The van der Waals surface area contributed by atoms with Crippen molar-refractivity contribution in [1.29, 1.82) is 0 Å². The van der Waals surface area contributed by atoms with Gasteiger partial charge in [-0.15, -0.1) is 0 Å². The summed E-state index contributed by atoms with van der Waals surface area (Å²) in [4.78, 5) is 0.693. The quantitative estimate of drug-likeness (QED) is 0.363. The molecule has 0 nitrogen and oxygen atoms in total. The molecule has 0 spiro atoms. The monoisotopic (exact) mass is 436 g/mol. The van der Waals surface area contributed by atoms with E-state index in [9.17, 15) is 0 Å². The molecule has 0 aromatic carbocycles. The second kappa shape index (κ2) is 11.1. The maximum Gasteiger partial charge on any atom is 0.00596 e. The molecule has 0 bridgehead atoms. The van der Waals surface area contributed by atoms with Crippen molar-refractivity contribution in [3.63, 3.8) is 0 Å². The zero-order valence-electron chi connectivity index (χ0n) is 19.8. The Labute approximate surface area is 185 Å². The van der Waals surface area contributed by atoms with Crippen LogP contribution in [0.4, 0.5) is 0 Å². The van der Waals surface area contributed by atoms with Gasteiger partial charge in [-0.2, -0.15) is 0 Å². The molecule has 0 heterocycles. The van der Waals surface area contributed by atoms with Crippen molar-refractivity contribution in [1.82, 2.24) is 0 Å². The van der Waals surface area contributed by atoms with Gasteiger partial charge >= 0.3 is 0 Å². The Hall–Kier alpha value is 0.860. The van der Waals surface area contributed by atoms with E-state index in [1.807, 2.05) is 0 Å². The first kappa shape index (κ1) is 23.0. The summed E-state index contributed by atoms with van der Waals surface area (Å²) in [6.45, 7) is 5.74. The molecule has 0 unspecified atom stereocenters. The molecule has 0 amide bonds. The second-order valence-corrected chi connectivity index (χ2v) is 18.6. The summed E-state index contributed by atoms with van der Waals surface area (Å²) in [5, 5.41) is 0. The molecular formula is C27H50P2. The number of rotatable bonds is 6. The molecule has 168 valence electrons. The maximum absolute atomic E-state index is 2.87.